The van der Waals surface area contributed by atoms with Crippen molar-refractivity contribution >= 4 is 26.7 Å². The van der Waals surface area contributed by atoms with Crippen LogP contribution in [0.15, 0.2) is 41.3 Å². The second-order valence-corrected chi connectivity index (χ2v) is 8.84. The zero-order valence-corrected chi connectivity index (χ0v) is 15.7. The summed E-state index contributed by atoms with van der Waals surface area (Å²) in [6, 6.07) is 9.91. The van der Waals surface area contributed by atoms with Gasteiger partial charge in [-0.1, -0.05) is 12.1 Å². The predicted molar refractivity (Wildman–Crippen MR) is 98.6 cm³/mol. The molecule has 1 amide bonds. The highest BCUT2D eigenvalue weighted by Crippen LogP contribution is 2.31. The molecule has 2 saturated heterocycles. The van der Waals surface area contributed by atoms with Gasteiger partial charge in [0.2, 0.25) is 15.9 Å². The van der Waals surface area contributed by atoms with Crippen LogP contribution < -0.4 is 4.74 Å². The first-order valence-corrected chi connectivity index (χ1v) is 10.3. The molecule has 2 aliphatic heterocycles. The van der Waals surface area contributed by atoms with Crippen molar-refractivity contribution in [1.29, 1.82) is 0 Å². The molecule has 0 aromatic heterocycles. The first-order valence-electron chi connectivity index (χ1n) is 8.82. The average molecular weight is 374 g/mol. The van der Waals surface area contributed by atoms with Crippen molar-refractivity contribution in [2.24, 2.45) is 0 Å². The smallest absolute Gasteiger partial charge is 0.243 e. The average Bonchev–Trinajstić information content (AvgIpc) is 3.12. The Morgan fingerprint density at radius 1 is 1.12 bits per heavy atom. The molecule has 2 fully saturated rings. The first kappa shape index (κ1) is 17.3. The van der Waals surface area contributed by atoms with Crippen LogP contribution in [0.3, 0.4) is 0 Å². The molecule has 0 bridgehead atoms. The van der Waals surface area contributed by atoms with E-state index in [1.807, 2.05) is 23.1 Å². The van der Waals surface area contributed by atoms with Crippen LogP contribution in [-0.4, -0.2) is 55.8 Å². The van der Waals surface area contributed by atoms with Gasteiger partial charge < -0.3 is 9.64 Å². The quantitative estimate of drug-likeness (QED) is 0.826. The molecule has 138 valence electrons. The molecule has 2 aliphatic rings. The second-order valence-electron chi connectivity index (χ2n) is 6.95. The third-order valence-corrected chi connectivity index (χ3v) is 7.40. The van der Waals surface area contributed by atoms with Gasteiger partial charge in [0, 0.05) is 19.1 Å². The van der Waals surface area contributed by atoms with Crippen LogP contribution >= 0.6 is 0 Å². The van der Waals surface area contributed by atoms with E-state index in [9.17, 15) is 13.2 Å². The fourth-order valence-corrected chi connectivity index (χ4v) is 5.64. The highest BCUT2D eigenvalue weighted by Gasteiger charge is 2.45. The molecule has 2 heterocycles. The van der Waals surface area contributed by atoms with E-state index in [1.54, 1.807) is 32.2 Å². The minimum Gasteiger partial charge on any atom is -0.497 e. The summed E-state index contributed by atoms with van der Waals surface area (Å²) in [5, 5.41) is 1.73. The Hall–Kier alpha value is -2.12. The number of rotatable bonds is 3. The first-order chi connectivity index (χ1) is 12.4. The maximum Gasteiger partial charge on any atom is 0.243 e. The molecular formula is C19H22N2O4S. The van der Waals surface area contributed by atoms with Crippen LogP contribution in [0.4, 0.5) is 0 Å². The summed E-state index contributed by atoms with van der Waals surface area (Å²) >= 11 is 0. The normalized spacial score (nSPS) is 24.1. The number of nitrogens with zero attached hydrogens (tertiary/aromatic N) is 2. The Morgan fingerprint density at radius 3 is 2.62 bits per heavy atom. The van der Waals surface area contributed by atoms with Crippen LogP contribution in [0.5, 0.6) is 5.75 Å². The van der Waals surface area contributed by atoms with Gasteiger partial charge in [-0.05, 0) is 54.8 Å². The van der Waals surface area contributed by atoms with Crippen LogP contribution in [0.2, 0.25) is 0 Å². The number of sulfonamides is 1. The van der Waals surface area contributed by atoms with Crippen molar-refractivity contribution in [1.82, 2.24) is 9.21 Å². The number of piperazine rings is 1. The largest absolute Gasteiger partial charge is 0.497 e. The van der Waals surface area contributed by atoms with Crippen LogP contribution in [-0.2, 0) is 14.8 Å². The lowest BCUT2D eigenvalue weighted by Gasteiger charge is -2.40. The van der Waals surface area contributed by atoms with Crippen molar-refractivity contribution in [2.75, 3.05) is 20.2 Å². The highest BCUT2D eigenvalue weighted by atomic mass is 32.2. The lowest BCUT2D eigenvalue weighted by Crippen LogP contribution is -2.59. The van der Waals surface area contributed by atoms with Crippen LogP contribution in [0, 0.1) is 0 Å². The Bertz CT molecular complexity index is 973. The maximum atomic E-state index is 13.2. The van der Waals surface area contributed by atoms with Crippen molar-refractivity contribution < 1.29 is 17.9 Å². The number of ether oxygens (including phenoxy) is 1. The molecule has 4 rings (SSSR count). The molecule has 0 spiro atoms. The lowest BCUT2D eigenvalue weighted by atomic mass is 10.1. The van der Waals surface area contributed by atoms with Gasteiger partial charge in [0.15, 0.2) is 0 Å². The van der Waals surface area contributed by atoms with Crippen molar-refractivity contribution in [2.45, 2.75) is 36.7 Å². The summed E-state index contributed by atoms with van der Waals surface area (Å²) in [5.74, 6) is 0.637. The minimum absolute atomic E-state index is 0.00167. The van der Waals surface area contributed by atoms with Crippen molar-refractivity contribution in [3.05, 3.63) is 36.4 Å². The highest BCUT2D eigenvalue weighted by molar-refractivity contribution is 7.89. The zero-order chi connectivity index (χ0) is 18.5. The SMILES string of the molecule is COc1ccc2cc(S(=O)(=O)N3C[C@@H]4CCCN4C(=O)[C@@H]3C)ccc2c1. The number of fused-ring (bicyclic) bond motifs is 2. The van der Waals surface area contributed by atoms with E-state index in [2.05, 4.69) is 0 Å². The number of amides is 1. The number of hydrogen-bond donors (Lipinski definition) is 0. The molecule has 2 aromatic carbocycles. The van der Waals surface area contributed by atoms with E-state index in [4.69, 9.17) is 4.74 Å². The molecule has 0 saturated carbocycles. The van der Waals surface area contributed by atoms with Gasteiger partial charge in [0.25, 0.3) is 0 Å². The summed E-state index contributed by atoms with van der Waals surface area (Å²) < 4.78 is 33.0. The second kappa shape index (κ2) is 6.25. The number of hydrogen-bond acceptors (Lipinski definition) is 4. The molecule has 6 nitrogen and oxygen atoms in total. The Morgan fingerprint density at radius 2 is 1.85 bits per heavy atom. The van der Waals surface area contributed by atoms with Gasteiger partial charge in [0.05, 0.1) is 12.0 Å². The van der Waals surface area contributed by atoms with E-state index in [-0.39, 0.29) is 16.8 Å². The van der Waals surface area contributed by atoms with Gasteiger partial charge in [0.1, 0.15) is 11.8 Å². The summed E-state index contributed by atoms with van der Waals surface area (Å²) in [7, 11) is -2.14. The zero-order valence-electron chi connectivity index (χ0n) is 14.9. The molecular weight excluding hydrogens is 352 g/mol. The number of carbonyl (C=O) groups excluding carboxylic acids is 1. The molecule has 7 heteroatoms. The Kier molecular flexibility index (Phi) is 4.16. The fraction of sp³-hybridized carbons (Fsp3) is 0.421. The van der Waals surface area contributed by atoms with E-state index in [0.29, 0.717) is 6.54 Å². The van der Waals surface area contributed by atoms with Gasteiger partial charge in [-0.25, -0.2) is 8.42 Å². The van der Waals surface area contributed by atoms with E-state index < -0.39 is 16.1 Å². The molecule has 0 unspecified atom stereocenters. The van der Waals surface area contributed by atoms with Crippen molar-refractivity contribution in [3.63, 3.8) is 0 Å². The Labute approximate surface area is 153 Å². The van der Waals surface area contributed by atoms with Crippen LogP contribution in [0.1, 0.15) is 19.8 Å². The third kappa shape index (κ3) is 2.66. The third-order valence-electron chi connectivity index (χ3n) is 5.47. The van der Waals surface area contributed by atoms with Gasteiger partial charge in [-0.15, -0.1) is 0 Å². The van der Waals surface area contributed by atoms with Crippen molar-refractivity contribution in [3.8, 4) is 5.75 Å². The van der Waals surface area contributed by atoms with E-state index in [1.165, 1.54) is 4.31 Å². The summed E-state index contributed by atoms with van der Waals surface area (Å²) in [6.45, 7) is 2.79. The van der Waals surface area contributed by atoms with Crippen LogP contribution in [0.25, 0.3) is 10.8 Å². The fourth-order valence-electron chi connectivity index (χ4n) is 3.98. The maximum absolute atomic E-state index is 13.2. The number of benzene rings is 2. The van der Waals surface area contributed by atoms with Gasteiger partial charge >= 0.3 is 0 Å². The number of methoxy groups -OCH3 is 1. The predicted octanol–water partition coefficient (Wildman–Crippen LogP) is 2.23. The molecule has 0 N–H and O–H groups in total. The topological polar surface area (TPSA) is 66.9 Å². The Balaban J connectivity index is 1.71. The minimum atomic E-state index is -3.74. The molecule has 2 aromatic rings. The monoisotopic (exact) mass is 374 g/mol. The molecule has 0 aliphatic carbocycles. The number of carbonyl (C=O) groups is 1. The lowest BCUT2D eigenvalue weighted by molar-refractivity contribution is -0.139. The van der Waals surface area contributed by atoms with E-state index >= 15 is 0 Å². The summed E-state index contributed by atoms with van der Waals surface area (Å²) in [6.07, 6.45) is 1.80. The molecule has 0 radical (unpaired) electrons. The molecule has 2 atom stereocenters. The van der Waals surface area contributed by atoms with E-state index in [0.717, 1.165) is 35.9 Å². The summed E-state index contributed by atoms with van der Waals surface area (Å²) in [5.41, 5.74) is 0. The standard InChI is InChI=1S/C19H22N2O4S/c1-13-19(22)20-9-3-4-16(20)12-21(13)26(23,24)18-8-6-14-10-17(25-2)7-5-15(14)11-18/h5-8,10-11,13,16H,3-4,9,12H2,1-2H3/t13-,16-/m0/s1. The van der Waals surface area contributed by atoms with Gasteiger partial charge in [-0.3, -0.25) is 4.79 Å². The summed E-state index contributed by atoms with van der Waals surface area (Å²) in [4.78, 5) is 14.6. The molecule has 26 heavy (non-hydrogen) atoms. The van der Waals surface area contributed by atoms with Gasteiger partial charge in [-0.2, -0.15) is 4.31 Å².